The fraction of sp³-hybridized carbons (Fsp3) is 0.385. The van der Waals surface area contributed by atoms with Crippen molar-refractivity contribution in [1.82, 2.24) is 14.1 Å². The van der Waals surface area contributed by atoms with E-state index in [0.717, 1.165) is 39.0 Å². The van der Waals surface area contributed by atoms with Crippen LogP contribution < -0.4 is 9.30 Å². The number of aromatic nitrogens is 4. The van der Waals surface area contributed by atoms with Crippen LogP contribution in [0.25, 0.3) is 39.0 Å². The average molecular weight is 952 g/mol. The first-order valence-corrected chi connectivity index (χ1v) is 20.3. The monoisotopic (exact) mass is 951 g/mol. The van der Waals surface area contributed by atoms with Crippen molar-refractivity contribution in [2.75, 3.05) is 0 Å². The van der Waals surface area contributed by atoms with E-state index in [0.29, 0.717) is 11.5 Å². The molecule has 0 spiro atoms. The molecule has 7 rings (SSSR count). The summed E-state index contributed by atoms with van der Waals surface area (Å²) in [5.74, 6) is 2.08. The van der Waals surface area contributed by atoms with E-state index in [-0.39, 0.29) is 48.1 Å². The van der Waals surface area contributed by atoms with Gasteiger partial charge < -0.3 is 13.9 Å². The normalized spacial score (nSPS) is 12.9. The molecule has 0 bridgehead atoms. The van der Waals surface area contributed by atoms with Crippen molar-refractivity contribution in [3.05, 3.63) is 138 Å². The summed E-state index contributed by atoms with van der Waals surface area (Å²) in [7, 11) is 0. The number of nitrogens with zero attached hydrogens (tertiary/aromatic N) is 4. The standard InChI is InChI=1S/C52H60N4O.Pt/c1-48(2,3)34-25-26-53-45(30-34)56-43-22-17-16-21-41(43)42-24-23-40(32-44(42)56)57-39-20-18-19-37(31-39)54-33-55(47(52(13,14)15)46(54)51(10,11)12)38-28-35(49(4,5)6)27-36(29-38)50(7,8)9;/h16-30H,1-15H3;/q-2;. The summed E-state index contributed by atoms with van der Waals surface area (Å²) in [5, 5.41) is 2.25. The zero-order valence-electron chi connectivity index (χ0n) is 37.2. The predicted octanol–water partition coefficient (Wildman–Crippen LogP) is 12.9. The maximum absolute atomic E-state index is 6.66. The molecule has 0 amide bonds. The number of para-hydroxylation sites is 1. The Balaban J connectivity index is 0.00000567. The summed E-state index contributed by atoms with van der Waals surface area (Å²) in [6.45, 7) is 34.2. The average Bonchev–Trinajstić information content (AvgIpc) is 3.68. The molecule has 6 heteroatoms. The van der Waals surface area contributed by atoms with Crippen LogP contribution in [0.15, 0.2) is 91.1 Å². The van der Waals surface area contributed by atoms with Crippen LogP contribution in [0, 0.1) is 18.5 Å². The fourth-order valence-electron chi connectivity index (χ4n) is 7.68. The Morgan fingerprint density at radius 3 is 1.79 bits per heavy atom. The molecule has 3 heterocycles. The topological polar surface area (TPSA) is 35.9 Å². The summed E-state index contributed by atoms with van der Waals surface area (Å²) in [5.41, 5.74) is 9.76. The molecule has 0 unspecified atom stereocenters. The molecule has 3 aromatic heterocycles. The quantitative estimate of drug-likeness (QED) is 0.127. The van der Waals surface area contributed by atoms with Gasteiger partial charge in [-0.2, -0.15) is 18.2 Å². The molecule has 0 saturated heterocycles. The minimum atomic E-state index is -0.214. The fourth-order valence-corrected chi connectivity index (χ4v) is 7.68. The Morgan fingerprint density at radius 1 is 0.569 bits per heavy atom. The van der Waals surface area contributed by atoms with Gasteiger partial charge in [-0.1, -0.05) is 134 Å². The maximum atomic E-state index is 6.66. The first-order chi connectivity index (χ1) is 26.4. The Kier molecular flexibility index (Phi) is 11.1. The van der Waals surface area contributed by atoms with Crippen LogP contribution in [0.3, 0.4) is 0 Å². The molecule has 0 fully saturated rings. The van der Waals surface area contributed by atoms with E-state index in [2.05, 4.69) is 203 Å². The van der Waals surface area contributed by atoms with Gasteiger partial charge in [-0.05, 0) is 85.2 Å². The van der Waals surface area contributed by atoms with E-state index in [4.69, 9.17) is 9.72 Å². The van der Waals surface area contributed by atoms with E-state index >= 15 is 0 Å². The zero-order valence-corrected chi connectivity index (χ0v) is 39.4. The minimum Gasteiger partial charge on any atom is -0.510 e. The summed E-state index contributed by atoms with van der Waals surface area (Å²) < 4.78 is 13.4. The molecule has 58 heavy (non-hydrogen) atoms. The predicted molar refractivity (Wildman–Crippen MR) is 236 cm³/mol. The second-order valence-electron chi connectivity index (χ2n) is 20.8. The first-order valence-electron chi connectivity index (χ1n) is 20.3. The third-order valence-electron chi connectivity index (χ3n) is 10.8. The van der Waals surface area contributed by atoms with E-state index in [1.165, 1.54) is 28.1 Å². The van der Waals surface area contributed by atoms with Gasteiger partial charge in [0.1, 0.15) is 5.82 Å². The number of hydrogen-bond acceptors (Lipinski definition) is 2. The molecule has 0 N–H and O–H groups in total. The van der Waals surface area contributed by atoms with E-state index in [1.807, 2.05) is 24.4 Å². The van der Waals surface area contributed by atoms with Crippen molar-refractivity contribution in [3.63, 3.8) is 0 Å². The summed E-state index contributed by atoms with van der Waals surface area (Å²) in [6, 6.07) is 37.3. The third-order valence-corrected chi connectivity index (χ3v) is 10.8. The van der Waals surface area contributed by atoms with Gasteiger partial charge >= 0.3 is 0 Å². The van der Waals surface area contributed by atoms with Gasteiger partial charge in [0.2, 0.25) is 0 Å². The van der Waals surface area contributed by atoms with Crippen LogP contribution >= 0.6 is 0 Å². The number of fused-ring (bicyclic) bond motifs is 3. The number of imidazole rings is 1. The van der Waals surface area contributed by atoms with Crippen LogP contribution in [0.4, 0.5) is 0 Å². The number of hydrogen-bond donors (Lipinski definition) is 0. The van der Waals surface area contributed by atoms with Crippen molar-refractivity contribution < 1.29 is 30.4 Å². The maximum Gasteiger partial charge on any atom is 0.267 e. The number of benzene rings is 4. The van der Waals surface area contributed by atoms with Crippen molar-refractivity contribution in [3.8, 4) is 28.7 Å². The molecule has 7 aromatic rings. The van der Waals surface area contributed by atoms with Gasteiger partial charge in [0.25, 0.3) is 6.33 Å². The number of pyridine rings is 1. The van der Waals surface area contributed by atoms with Crippen LogP contribution in [0.5, 0.6) is 11.5 Å². The summed E-state index contributed by atoms with van der Waals surface area (Å²) in [4.78, 5) is 4.85. The van der Waals surface area contributed by atoms with Gasteiger partial charge in [-0.15, -0.1) is 29.7 Å². The van der Waals surface area contributed by atoms with Crippen molar-refractivity contribution >= 4 is 21.8 Å². The second-order valence-corrected chi connectivity index (χ2v) is 20.8. The van der Waals surface area contributed by atoms with Gasteiger partial charge in [-0.3, -0.25) is 4.57 Å². The molecule has 0 saturated carbocycles. The van der Waals surface area contributed by atoms with Crippen LogP contribution in [-0.4, -0.2) is 14.1 Å². The Hall–Kier alpha value is -4.47. The molecular formula is C52H60N4OPt-2. The molecule has 0 aliphatic rings. The van der Waals surface area contributed by atoms with E-state index in [9.17, 15) is 0 Å². The van der Waals surface area contributed by atoms with Gasteiger partial charge in [0, 0.05) is 44.3 Å². The molecule has 0 radical (unpaired) electrons. The Morgan fingerprint density at radius 2 is 1.19 bits per heavy atom. The van der Waals surface area contributed by atoms with E-state index in [1.54, 1.807) is 0 Å². The molecule has 0 aliphatic carbocycles. The summed E-state index contributed by atoms with van der Waals surface area (Å²) >= 11 is 0. The van der Waals surface area contributed by atoms with Crippen LogP contribution in [-0.2, 0) is 48.1 Å². The SMILES string of the molecule is CC(C)(C)c1cc(-[n+]2[c-]n(-c3[c-]c(Oc4[c-]c5c(cc4)c4ccccc4n5-c4cc(C(C)(C)C)ccn4)ccc3)c(C(C)(C)C)c2C(C)(C)C)cc(C(C)(C)C)c1.[Pt]. The molecule has 5 nitrogen and oxygen atoms in total. The Bertz CT molecular complexity index is 2590. The van der Waals surface area contributed by atoms with Gasteiger partial charge in [0.05, 0.1) is 17.1 Å². The first kappa shape index (κ1) is 43.1. The second kappa shape index (κ2) is 15.0. The molecular weight excluding hydrogens is 892 g/mol. The minimum absolute atomic E-state index is 0. The number of rotatable bonds is 5. The van der Waals surface area contributed by atoms with Gasteiger partial charge in [-0.25, -0.2) is 4.98 Å². The van der Waals surface area contributed by atoms with Crippen molar-refractivity contribution in [2.24, 2.45) is 0 Å². The number of ether oxygens (including phenoxy) is 1. The molecule has 4 aromatic carbocycles. The van der Waals surface area contributed by atoms with Crippen molar-refractivity contribution in [2.45, 2.75) is 131 Å². The van der Waals surface area contributed by atoms with Crippen molar-refractivity contribution in [1.29, 1.82) is 0 Å². The van der Waals surface area contributed by atoms with Gasteiger partial charge in [0.15, 0.2) is 0 Å². The molecule has 306 valence electrons. The van der Waals surface area contributed by atoms with E-state index < -0.39 is 0 Å². The molecule has 0 aliphatic heterocycles. The zero-order chi connectivity index (χ0) is 41.5. The molecule has 0 atom stereocenters. The largest absolute Gasteiger partial charge is 0.510 e. The summed E-state index contributed by atoms with van der Waals surface area (Å²) in [6.07, 6.45) is 5.76. The smallest absolute Gasteiger partial charge is 0.267 e. The van der Waals surface area contributed by atoms with Crippen LogP contribution in [0.2, 0.25) is 0 Å². The Labute approximate surface area is 361 Å². The third kappa shape index (κ3) is 8.35. The van der Waals surface area contributed by atoms with Crippen LogP contribution in [0.1, 0.15) is 132 Å².